The quantitative estimate of drug-likeness (QED) is 0.249. The van der Waals surface area contributed by atoms with Crippen LogP contribution in [0.2, 0.25) is 0 Å². The van der Waals surface area contributed by atoms with Crippen molar-refractivity contribution in [3.63, 3.8) is 0 Å². The molecule has 0 bridgehead atoms. The SMILES string of the molecule is CCOC(=O)c1c(CSc2ccccc2)c2cc(OC)ccc2n1S(=O)(=O)c1ccccc1. The second-order valence-electron chi connectivity index (χ2n) is 7.11. The van der Waals surface area contributed by atoms with Crippen LogP contribution in [0.5, 0.6) is 5.75 Å². The summed E-state index contributed by atoms with van der Waals surface area (Å²) in [7, 11) is -2.53. The number of fused-ring (bicyclic) bond motifs is 1. The number of hydrogen-bond donors (Lipinski definition) is 0. The first kappa shape index (κ1) is 22.9. The lowest BCUT2D eigenvalue weighted by Gasteiger charge is -2.12. The minimum atomic E-state index is -4.08. The average molecular weight is 482 g/mol. The third-order valence-electron chi connectivity index (χ3n) is 5.11. The molecule has 0 amide bonds. The first-order chi connectivity index (χ1) is 16.0. The zero-order valence-corrected chi connectivity index (χ0v) is 19.9. The zero-order valence-electron chi connectivity index (χ0n) is 18.2. The summed E-state index contributed by atoms with van der Waals surface area (Å²) < 4.78 is 39.3. The Morgan fingerprint density at radius 1 is 0.970 bits per heavy atom. The predicted octanol–water partition coefficient (Wildman–Crippen LogP) is 5.36. The number of rotatable bonds is 8. The van der Waals surface area contributed by atoms with Gasteiger partial charge in [-0.1, -0.05) is 36.4 Å². The van der Waals surface area contributed by atoms with Crippen molar-refractivity contribution in [3.8, 4) is 5.75 Å². The van der Waals surface area contributed by atoms with Crippen LogP contribution >= 0.6 is 11.8 Å². The van der Waals surface area contributed by atoms with E-state index >= 15 is 0 Å². The molecule has 4 aromatic rings. The van der Waals surface area contributed by atoms with E-state index in [-0.39, 0.29) is 17.2 Å². The summed E-state index contributed by atoms with van der Waals surface area (Å²) in [4.78, 5) is 14.2. The van der Waals surface area contributed by atoms with Gasteiger partial charge in [0.15, 0.2) is 0 Å². The van der Waals surface area contributed by atoms with Gasteiger partial charge in [0.2, 0.25) is 0 Å². The molecule has 0 unspecified atom stereocenters. The van der Waals surface area contributed by atoms with Crippen molar-refractivity contribution >= 4 is 38.7 Å². The van der Waals surface area contributed by atoms with Crippen LogP contribution in [0.4, 0.5) is 0 Å². The molecule has 0 aliphatic rings. The van der Waals surface area contributed by atoms with Crippen molar-refractivity contribution in [3.05, 3.63) is 90.1 Å². The molecule has 0 saturated heterocycles. The zero-order chi connectivity index (χ0) is 23.4. The summed E-state index contributed by atoms with van der Waals surface area (Å²) in [6.07, 6.45) is 0. The maximum atomic E-state index is 13.7. The van der Waals surface area contributed by atoms with Gasteiger partial charge in [-0.3, -0.25) is 0 Å². The van der Waals surface area contributed by atoms with Gasteiger partial charge in [-0.05, 0) is 49.4 Å². The van der Waals surface area contributed by atoms with E-state index in [4.69, 9.17) is 9.47 Å². The molecular formula is C25H23NO5S2. The van der Waals surface area contributed by atoms with Crippen LogP contribution in [0.3, 0.4) is 0 Å². The van der Waals surface area contributed by atoms with Gasteiger partial charge < -0.3 is 9.47 Å². The van der Waals surface area contributed by atoms with Gasteiger partial charge in [-0.25, -0.2) is 17.2 Å². The van der Waals surface area contributed by atoms with Gasteiger partial charge in [0, 0.05) is 21.6 Å². The number of aromatic nitrogens is 1. The number of methoxy groups -OCH3 is 1. The van der Waals surface area contributed by atoms with Gasteiger partial charge in [-0.2, -0.15) is 0 Å². The highest BCUT2D eigenvalue weighted by Crippen LogP contribution is 2.36. The number of carbonyl (C=O) groups excluding carboxylic acids is 1. The molecule has 0 radical (unpaired) electrons. The Morgan fingerprint density at radius 3 is 2.27 bits per heavy atom. The molecule has 0 saturated carbocycles. The fourth-order valence-corrected chi connectivity index (χ4v) is 6.11. The van der Waals surface area contributed by atoms with Gasteiger partial charge in [0.25, 0.3) is 10.0 Å². The molecule has 0 atom stereocenters. The van der Waals surface area contributed by atoms with Crippen molar-refractivity contribution in [1.82, 2.24) is 3.97 Å². The van der Waals surface area contributed by atoms with E-state index in [1.54, 1.807) is 50.4 Å². The highest BCUT2D eigenvalue weighted by Gasteiger charge is 2.31. The first-order valence-electron chi connectivity index (χ1n) is 10.3. The third-order valence-corrected chi connectivity index (χ3v) is 7.88. The standard InChI is InChI=1S/C25H23NO5S2/c1-3-31-25(27)24-22(17-32-19-10-6-4-7-11-19)21-16-18(30-2)14-15-23(21)26(24)33(28,29)20-12-8-5-9-13-20/h4-16H,3,17H2,1-2H3. The minimum absolute atomic E-state index is 0.00684. The summed E-state index contributed by atoms with van der Waals surface area (Å²) in [6, 6.07) is 22.9. The Kier molecular flexibility index (Phi) is 6.76. The van der Waals surface area contributed by atoms with Crippen LogP contribution in [0, 0.1) is 0 Å². The Bertz CT molecular complexity index is 1380. The summed E-state index contributed by atoms with van der Waals surface area (Å²) in [5, 5.41) is 0.625. The van der Waals surface area contributed by atoms with Crippen molar-refractivity contribution < 1.29 is 22.7 Å². The fraction of sp³-hybridized carbons (Fsp3) is 0.160. The van der Waals surface area contributed by atoms with E-state index in [9.17, 15) is 13.2 Å². The Balaban J connectivity index is 1.99. The molecule has 3 aromatic carbocycles. The van der Waals surface area contributed by atoms with E-state index in [1.807, 2.05) is 30.3 Å². The largest absolute Gasteiger partial charge is 0.497 e. The number of benzene rings is 3. The first-order valence-corrected chi connectivity index (χ1v) is 12.8. The number of esters is 1. The highest BCUT2D eigenvalue weighted by molar-refractivity contribution is 7.98. The van der Waals surface area contributed by atoms with E-state index in [0.717, 1.165) is 8.87 Å². The summed E-state index contributed by atoms with van der Waals surface area (Å²) in [5.74, 6) is 0.257. The molecule has 33 heavy (non-hydrogen) atoms. The lowest BCUT2D eigenvalue weighted by molar-refractivity contribution is 0.0517. The number of hydrogen-bond acceptors (Lipinski definition) is 6. The fourth-order valence-electron chi connectivity index (χ4n) is 3.60. The van der Waals surface area contributed by atoms with Crippen molar-refractivity contribution in [2.24, 2.45) is 0 Å². The Labute approximate surface area is 197 Å². The van der Waals surface area contributed by atoms with Gasteiger partial charge in [0.05, 0.1) is 24.1 Å². The Morgan fingerprint density at radius 2 is 1.64 bits per heavy atom. The lowest BCUT2D eigenvalue weighted by Crippen LogP contribution is -2.21. The van der Waals surface area contributed by atoms with Crippen LogP contribution in [-0.4, -0.2) is 32.1 Å². The summed E-state index contributed by atoms with van der Waals surface area (Å²) >= 11 is 1.51. The molecular weight excluding hydrogens is 458 g/mol. The van der Waals surface area contributed by atoms with Gasteiger partial charge >= 0.3 is 5.97 Å². The molecule has 0 spiro atoms. The van der Waals surface area contributed by atoms with E-state index < -0.39 is 16.0 Å². The van der Waals surface area contributed by atoms with Gasteiger partial charge in [-0.15, -0.1) is 11.8 Å². The molecule has 170 valence electrons. The van der Waals surface area contributed by atoms with E-state index in [2.05, 4.69) is 0 Å². The third kappa shape index (κ3) is 4.49. The van der Waals surface area contributed by atoms with Crippen LogP contribution in [0.15, 0.2) is 88.7 Å². The average Bonchev–Trinajstić information content (AvgIpc) is 3.18. The van der Waals surface area contributed by atoms with E-state index in [1.165, 1.54) is 23.9 Å². The molecule has 0 fully saturated rings. The van der Waals surface area contributed by atoms with Crippen LogP contribution in [0.1, 0.15) is 23.0 Å². The summed E-state index contributed by atoms with van der Waals surface area (Å²) in [5.41, 5.74) is 0.981. The predicted molar refractivity (Wildman–Crippen MR) is 129 cm³/mol. The normalized spacial score (nSPS) is 11.5. The molecule has 1 heterocycles. The molecule has 6 nitrogen and oxygen atoms in total. The molecule has 4 rings (SSSR count). The molecule has 0 N–H and O–H groups in total. The number of thioether (sulfide) groups is 1. The summed E-state index contributed by atoms with van der Waals surface area (Å²) in [6.45, 7) is 1.82. The maximum Gasteiger partial charge on any atom is 0.356 e. The van der Waals surface area contributed by atoms with Crippen molar-refractivity contribution in [1.29, 1.82) is 0 Å². The molecule has 8 heteroatoms. The number of carbonyl (C=O) groups is 1. The van der Waals surface area contributed by atoms with Crippen LogP contribution in [0.25, 0.3) is 10.9 Å². The molecule has 0 aliphatic carbocycles. The minimum Gasteiger partial charge on any atom is -0.497 e. The van der Waals surface area contributed by atoms with E-state index in [0.29, 0.717) is 28.0 Å². The topological polar surface area (TPSA) is 74.6 Å². The number of ether oxygens (including phenoxy) is 2. The van der Waals surface area contributed by atoms with Gasteiger partial charge in [0.1, 0.15) is 11.4 Å². The second kappa shape index (κ2) is 9.72. The number of nitrogens with zero attached hydrogens (tertiary/aromatic N) is 1. The van der Waals surface area contributed by atoms with Crippen molar-refractivity contribution in [2.45, 2.75) is 22.5 Å². The monoisotopic (exact) mass is 481 g/mol. The highest BCUT2D eigenvalue weighted by atomic mass is 32.2. The van der Waals surface area contributed by atoms with Crippen molar-refractivity contribution in [2.75, 3.05) is 13.7 Å². The maximum absolute atomic E-state index is 13.7. The second-order valence-corrected chi connectivity index (χ2v) is 9.95. The van der Waals surface area contributed by atoms with Crippen LogP contribution < -0.4 is 4.74 Å². The smallest absolute Gasteiger partial charge is 0.356 e. The Hall–Kier alpha value is -3.23. The lowest BCUT2D eigenvalue weighted by atomic mass is 10.1. The molecule has 0 aliphatic heterocycles. The van der Waals surface area contributed by atoms with Crippen LogP contribution in [-0.2, 0) is 20.5 Å². The molecule has 1 aromatic heterocycles.